The van der Waals surface area contributed by atoms with Crippen LogP contribution in [-0.4, -0.2) is 5.10 Å². The predicted octanol–water partition coefficient (Wildman–Crippen LogP) is 4.25. The Bertz CT molecular complexity index is 969. The molecule has 0 atom stereocenters. The van der Waals surface area contributed by atoms with Gasteiger partial charge in [0.15, 0.2) is 7.05 Å². The van der Waals surface area contributed by atoms with Crippen LogP contribution < -0.4 is 4.68 Å². The Hall–Kier alpha value is -2.26. The van der Waals surface area contributed by atoms with E-state index < -0.39 is 0 Å². The summed E-state index contributed by atoms with van der Waals surface area (Å²) in [6.45, 7) is 2.20. The van der Waals surface area contributed by atoms with Crippen LogP contribution in [0.1, 0.15) is 5.56 Å². The van der Waals surface area contributed by atoms with Gasteiger partial charge in [-0.2, -0.15) is 0 Å². The Morgan fingerprint density at radius 3 is 2.76 bits per heavy atom. The number of thiophene rings is 1. The highest BCUT2D eigenvalue weighted by atomic mass is 32.1. The maximum Gasteiger partial charge on any atom is 0.256 e. The summed E-state index contributed by atoms with van der Waals surface area (Å²) in [5, 5.41) is 10.4. The fraction of sp³-hybridized carbons (Fsp3) is 0.111. The van der Waals surface area contributed by atoms with Gasteiger partial charge in [-0.25, -0.2) is 0 Å². The molecular weight excluding hydrogens is 276 g/mol. The topological polar surface area (TPSA) is 16.8 Å². The SMILES string of the molecule is Cc1c(-c2c3sccc3cn[n+]2C)ccc2ccccc12. The zero-order valence-corrected chi connectivity index (χ0v) is 12.8. The van der Waals surface area contributed by atoms with Crippen molar-refractivity contribution >= 4 is 32.2 Å². The van der Waals surface area contributed by atoms with Crippen molar-refractivity contribution in [2.45, 2.75) is 6.92 Å². The van der Waals surface area contributed by atoms with Crippen molar-refractivity contribution in [3.8, 4) is 11.3 Å². The minimum Gasteiger partial charge on any atom is -0.137 e. The second-order valence-electron chi connectivity index (χ2n) is 5.28. The van der Waals surface area contributed by atoms with Gasteiger partial charge in [0.1, 0.15) is 10.9 Å². The number of hydrogen-bond donors (Lipinski definition) is 0. The van der Waals surface area contributed by atoms with Crippen LogP contribution >= 0.6 is 11.3 Å². The highest BCUT2D eigenvalue weighted by molar-refractivity contribution is 7.17. The second-order valence-corrected chi connectivity index (χ2v) is 6.20. The van der Waals surface area contributed by atoms with Crippen LogP contribution in [0.2, 0.25) is 0 Å². The Balaban J connectivity index is 2.11. The van der Waals surface area contributed by atoms with Gasteiger partial charge in [-0.15, -0.1) is 11.3 Å². The summed E-state index contributed by atoms with van der Waals surface area (Å²) < 4.78 is 3.28. The first-order valence-electron chi connectivity index (χ1n) is 6.97. The smallest absolute Gasteiger partial charge is 0.137 e. The monoisotopic (exact) mass is 291 g/mol. The molecule has 0 N–H and O–H groups in total. The van der Waals surface area contributed by atoms with E-state index in [2.05, 4.69) is 59.9 Å². The highest BCUT2D eigenvalue weighted by Gasteiger charge is 2.20. The van der Waals surface area contributed by atoms with Crippen LogP contribution in [-0.2, 0) is 7.05 Å². The first-order chi connectivity index (χ1) is 10.3. The van der Waals surface area contributed by atoms with Crippen LogP contribution in [0.15, 0.2) is 54.0 Å². The number of aromatic nitrogens is 2. The lowest BCUT2D eigenvalue weighted by atomic mass is 9.97. The number of fused-ring (bicyclic) bond motifs is 2. The summed E-state index contributed by atoms with van der Waals surface area (Å²) in [5.74, 6) is 0. The van der Waals surface area contributed by atoms with E-state index in [-0.39, 0.29) is 0 Å². The molecule has 0 amide bonds. The van der Waals surface area contributed by atoms with E-state index in [4.69, 9.17) is 0 Å². The molecule has 4 aromatic rings. The molecule has 0 spiro atoms. The van der Waals surface area contributed by atoms with Crippen molar-refractivity contribution in [1.29, 1.82) is 0 Å². The van der Waals surface area contributed by atoms with E-state index in [0.29, 0.717) is 0 Å². The summed E-state index contributed by atoms with van der Waals surface area (Å²) in [6, 6.07) is 15.1. The molecule has 0 fully saturated rings. The van der Waals surface area contributed by atoms with E-state index in [1.807, 2.05) is 17.9 Å². The first-order valence-corrected chi connectivity index (χ1v) is 7.85. The summed E-state index contributed by atoms with van der Waals surface area (Å²) in [5.41, 5.74) is 3.77. The summed E-state index contributed by atoms with van der Waals surface area (Å²) in [4.78, 5) is 0. The molecule has 2 aromatic carbocycles. The molecule has 0 aliphatic carbocycles. The lowest BCUT2D eigenvalue weighted by Crippen LogP contribution is -2.35. The van der Waals surface area contributed by atoms with Crippen molar-refractivity contribution in [2.24, 2.45) is 7.05 Å². The number of hydrogen-bond acceptors (Lipinski definition) is 2. The molecule has 0 bridgehead atoms. The van der Waals surface area contributed by atoms with Crippen LogP contribution in [0.4, 0.5) is 0 Å². The van der Waals surface area contributed by atoms with Crippen LogP contribution in [0.5, 0.6) is 0 Å². The molecule has 0 aliphatic heterocycles. The van der Waals surface area contributed by atoms with E-state index in [0.717, 1.165) is 0 Å². The van der Waals surface area contributed by atoms with Crippen LogP contribution in [0.25, 0.3) is 32.1 Å². The van der Waals surface area contributed by atoms with E-state index in [9.17, 15) is 0 Å². The molecule has 2 nitrogen and oxygen atoms in total. The van der Waals surface area contributed by atoms with Gasteiger partial charge >= 0.3 is 0 Å². The zero-order valence-electron chi connectivity index (χ0n) is 12.0. The molecule has 0 radical (unpaired) electrons. The van der Waals surface area contributed by atoms with Crippen molar-refractivity contribution in [3.05, 3.63) is 59.6 Å². The minimum atomic E-state index is 1.20. The van der Waals surface area contributed by atoms with Gasteiger partial charge in [-0.3, -0.25) is 0 Å². The Morgan fingerprint density at radius 2 is 1.86 bits per heavy atom. The van der Waals surface area contributed by atoms with Crippen molar-refractivity contribution in [3.63, 3.8) is 0 Å². The van der Waals surface area contributed by atoms with Gasteiger partial charge in [0.05, 0.1) is 5.56 Å². The Kier molecular flexibility index (Phi) is 2.76. The standard InChI is InChI=1S/C18H15N2S/c1-12-15-6-4-3-5-13(15)7-8-16(12)17-18-14(9-10-21-18)11-19-20(17)2/h3-11H,1-2H3/q+1. The first kappa shape index (κ1) is 12.5. The molecule has 0 saturated carbocycles. The van der Waals surface area contributed by atoms with Crippen LogP contribution in [0, 0.1) is 6.92 Å². The average Bonchev–Trinajstić information content (AvgIpc) is 2.97. The number of aryl methyl sites for hydroxylation is 2. The molecule has 2 heterocycles. The van der Waals surface area contributed by atoms with Gasteiger partial charge in [0.2, 0.25) is 0 Å². The van der Waals surface area contributed by atoms with Gasteiger partial charge in [-0.05, 0) is 45.9 Å². The van der Waals surface area contributed by atoms with Gasteiger partial charge in [-0.1, -0.05) is 35.0 Å². The van der Waals surface area contributed by atoms with Crippen molar-refractivity contribution in [2.75, 3.05) is 0 Å². The van der Waals surface area contributed by atoms with Crippen molar-refractivity contribution in [1.82, 2.24) is 5.10 Å². The molecule has 0 unspecified atom stereocenters. The average molecular weight is 291 g/mol. The van der Waals surface area contributed by atoms with E-state index in [1.165, 1.54) is 37.7 Å². The predicted molar refractivity (Wildman–Crippen MR) is 88.5 cm³/mol. The van der Waals surface area contributed by atoms with Crippen LogP contribution in [0.3, 0.4) is 0 Å². The maximum absolute atomic E-state index is 4.50. The fourth-order valence-corrected chi connectivity index (χ4v) is 3.91. The van der Waals surface area contributed by atoms with Gasteiger partial charge in [0, 0.05) is 5.39 Å². The second kappa shape index (κ2) is 4.64. The minimum absolute atomic E-state index is 1.20. The van der Waals surface area contributed by atoms with Crippen molar-refractivity contribution < 1.29 is 4.68 Å². The summed E-state index contributed by atoms with van der Waals surface area (Å²) in [6.07, 6.45) is 1.94. The summed E-state index contributed by atoms with van der Waals surface area (Å²) in [7, 11) is 2.02. The van der Waals surface area contributed by atoms with Gasteiger partial charge in [0.25, 0.3) is 5.69 Å². The quantitative estimate of drug-likeness (QED) is 0.479. The molecular formula is C18H15N2S+. The molecule has 21 heavy (non-hydrogen) atoms. The molecule has 2 aromatic heterocycles. The number of rotatable bonds is 1. The lowest BCUT2D eigenvalue weighted by Gasteiger charge is -2.08. The molecule has 4 rings (SSSR count). The largest absolute Gasteiger partial charge is 0.256 e. The van der Waals surface area contributed by atoms with E-state index in [1.54, 1.807) is 11.3 Å². The Labute approximate surface area is 127 Å². The Morgan fingerprint density at radius 1 is 1.00 bits per heavy atom. The highest BCUT2D eigenvalue weighted by Crippen LogP contribution is 2.33. The van der Waals surface area contributed by atoms with E-state index >= 15 is 0 Å². The molecule has 0 aliphatic rings. The third-order valence-corrected chi connectivity index (χ3v) is 4.99. The normalized spacial score (nSPS) is 11.3. The zero-order chi connectivity index (χ0) is 14.4. The summed E-state index contributed by atoms with van der Waals surface area (Å²) >= 11 is 1.78. The third-order valence-electron chi connectivity index (χ3n) is 4.06. The van der Waals surface area contributed by atoms with Gasteiger partial charge < -0.3 is 0 Å². The number of benzene rings is 2. The lowest BCUT2D eigenvalue weighted by molar-refractivity contribution is -0.719. The molecule has 0 saturated heterocycles. The number of nitrogens with zero attached hydrogens (tertiary/aromatic N) is 2. The fourth-order valence-electron chi connectivity index (χ4n) is 2.95. The third kappa shape index (κ3) is 1.85. The molecule has 3 heteroatoms. The molecule has 102 valence electrons. The maximum atomic E-state index is 4.50.